The number of carbonyl (C=O) groups excluding carboxylic acids is 1. The number of anilines is 1. The summed E-state index contributed by atoms with van der Waals surface area (Å²) in [5, 5.41) is 10.8. The zero-order chi connectivity index (χ0) is 14.5. The number of hydrogen-bond acceptors (Lipinski definition) is 3. The molecule has 1 rings (SSSR count). The van der Waals surface area contributed by atoms with Gasteiger partial charge in [-0.15, -0.1) is 13.2 Å². The monoisotopic (exact) mass is 273 g/mol. The second kappa shape index (κ2) is 5.95. The molecule has 0 aromatic heterocycles. The average molecular weight is 273 g/mol. The second-order valence-corrected chi connectivity index (χ2v) is 3.52. The van der Waals surface area contributed by atoms with Gasteiger partial charge in [0.1, 0.15) is 12.3 Å². The number of urea groups is 1. The van der Waals surface area contributed by atoms with Crippen LogP contribution in [0, 0.1) is 11.3 Å². The van der Waals surface area contributed by atoms with Crippen molar-refractivity contribution in [3.05, 3.63) is 24.3 Å². The summed E-state index contributed by atoms with van der Waals surface area (Å²) in [6, 6.07) is 5.93. The van der Waals surface area contributed by atoms with Gasteiger partial charge in [-0.25, -0.2) is 4.79 Å². The van der Waals surface area contributed by atoms with Crippen molar-refractivity contribution in [2.24, 2.45) is 0 Å². The van der Waals surface area contributed by atoms with Crippen molar-refractivity contribution < 1.29 is 22.7 Å². The van der Waals surface area contributed by atoms with Crippen LogP contribution in [0.4, 0.5) is 23.7 Å². The maximum atomic E-state index is 11.9. The molecule has 0 unspecified atom stereocenters. The van der Waals surface area contributed by atoms with Crippen LogP contribution in [-0.4, -0.2) is 30.9 Å². The number of ether oxygens (including phenoxy) is 1. The molecule has 0 radical (unpaired) electrons. The summed E-state index contributed by atoms with van der Waals surface area (Å²) in [5.41, 5.74) is 0.296. The smallest absolute Gasteiger partial charge is 0.406 e. The number of nitriles is 1. The van der Waals surface area contributed by atoms with Crippen LogP contribution in [0.5, 0.6) is 5.75 Å². The van der Waals surface area contributed by atoms with Gasteiger partial charge in [-0.1, -0.05) is 0 Å². The molecule has 8 heteroatoms. The lowest BCUT2D eigenvalue weighted by Gasteiger charge is -2.14. The molecule has 0 saturated heterocycles. The Kier molecular flexibility index (Phi) is 4.58. The summed E-state index contributed by atoms with van der Waals surface area (Å²) < 4.78 is 39.4. The highest BCUT2D eigenvalue weighted by Gasteiger charge is 2.30. The lowest BCUT2D eigenvalue weighted by Crippen LogP contribution is -2.31. The third-order valence-corrected chi connectivity index (χ3v) is 1.99. The zero-order valence-corrected chi connectivity index (χ0v) is 9.86. The molecule has 19 heavy (non-hydrogen) atoms. The summed E-state index contributed by atoms with van der Waals surface area (Å²) in [6.45, 7) is -0.0961. The summed E-state index contributed by atoms with van der Waals surface area (Å²) in [6.07, 6.45) is -4.75. The number of halogens is 3. The number of nitrogens with zero attached hydrogens (tertiary/aromatic N) is 2. The van der Waals surface area contributed by atoms with Crippen LogP contribution < -0.4 is 10.1 Å². The highest BCUT2D eigenvalue weighted by atomic mass is 19.4. The number of benzene rings is 1. The minimum atomic E-state index is -4.75. The molecule has 0 fully saturated rings. The van der Waals surface area contributed by atoms with E-state index in [0.29, 0.717) is 5.69 Å². The molecule has 0 spiro atoms. The van der Waals surface area contributed by atoms with Crippen molar-refractivity contribution in [2.75, 3.05) is 18.9 Å². The van der Waals surface area contributed by atoms with E-state index < -0.39 is 12.4 Å². The van der Waals surface area contributed by atoms with E-state index in [4.69, 9.17) is 5.26 Å². The van der Waals surface area contributed by atoms with Gasteiger partial charge in [0.15, 0.2) is 0 Å². The van der Waals surface area contributed by atoms with Crippen LogP contribution in [0.25, 0.3) is 0 Å². The fourth-order valence-electron chi connectivity index (χ4n) is 1.14. The average Bonchev–Trinajstić information content (AvgIpc) is 2.30. The Morgan fingerprint density at radius 1 is 1.42 bits per heavy atom. The Morgan fingerprint density at radius 2 is 2.00 bits per heavy atom. The quantitative estimate of drug-likeness (QED) is 0.861. The van der Waals surface area contributed by atoms with Gasteiger partial charge in [0, 0.05) is 12.7 Å². The van der Waals surface area contributed by atoms with E-state index in [-0.39, 0.29) is 12.3 Å². The van der Waals surface area contributed by atoms with Gasteiger partial charge in [0.05, 0.1) is 6.07 Å². The molecular formula is C11H10F3N3O2. The van der Waals surface area contributed by atoms with E-state index in [1.54, 1.807) is 6.07 Å². The van der Waals surface area contributed by atoms with Gasteiger partial charge in [-0.3, -0.25) is 0 Å². The Labute approximate surface area is 107 Å². The van der Waals surface area contributed by atoms with E-state index in [1.807, 2.05) is 0 Å². The SMILES string of the molecule is CN(CC#N)C(=O)Nc1ccc(OC(F)(F)F)cc1. The van der Waals surface area contributed by atoms with Crippen molar-refractivity contribution in [3.8, 4) is 11.8 Å². The van der Waals surface area contributed by atoms with Crippen molar-refractivity contribution in [1.82, 2.24) is 4.90 Å². The van der Waals surface area contributed by atoms with Gasteiger partial charge in [-0.05, 0) is 24.3 Å². The molecule has 1 aromatic rings. The van der Waals surface area contributed by atoms with E-state index in [0.717, 1.165) is 17.0 Å². The molecule has 0 aliphatic rings. The molecule has 0 aliphatic heterocycles. The summed E-state index contributed by atoms with van der Waals surface area (Å²) in [7, 11) is 1.42. The molecule has 0 saturated carbocycles. The summed E-state index contributed by atoms with van der Waals surface area (Å²) in [4.78, 5) is 12.6. The van der Waals surface area contributed by atoms with E-state index >= 15 is 0 Å². The van der Waals surface area contributed by atoms with Crippen LogP contribution in [0.1, 0.15) is 0 Å². The third kappa shape index (κ3) is 5.16. The van der Waals surface area contributed by atoms with Crippen molar-refractivity contribution in [1.29, 1.82) is 5.26 Å². The number of rotatable bonds is 3. The molecule has 0 bridgehead atoms. The molecule has 0 heterocycles. The lowest BCUT2D eigenvalue weighted by atomic mass is 10.3. The predicted octanol–water partition coefficient (Wildman–Crippen LogP) is 2.57. The van der Waals surface area contributed by atoms with Gasteiger partial charge in [-0.2, -0.15) is 5.26 Å². The van der Waals surface area contributed by atoms with E-state index in [9.17, 15) is 18.0 Å². The van der Waals surface area contributed by atoms with Crippen LogP contribution in [0.15, 0.2) is 24.3 Å². The Hall–Kier alpha value is -2.43. The van der Waals surface area contributed by atoms with Gasteiger partial charge >= 0.3 is 12.4 Å². The fraction of sp³-hybridized carbons (Fsp3) is 0.273. The Balaban J connectivity index is 2.63. The first-order valence-electron chi connectivity index (χ1n) is 5.06. The van der Waals surface area contributed by atoms with E-state index in [1.165, 1.54) is 19.2 Å². The first kappa shape index (κ1) is 14.6. The maximum Gasteiger partial charge on any atom is 0.573 e. The first-order valence-corrected chi connectivity index (χ1v) is 5.06. The highest BCUT2D eigenvalue weighted by molar-refractivity contribution is 5.89. The second-order valence-electron chi connectivity index (χ2n) is 3.52. The number of nitrogens with one attached hydrogen (secondary N) is 1. The molecule has 1 N–H and O–H groups in total. The normalized spacial score (nSPS) is 10.5. The Bertz CT molecular complexity index is 479. The zero-order valence-electron chi connectivity index (χ0n) is 9.86. The standard InChI is InChI=1S/C11H10F3N3O2/c1-17(7-6-15)10(18)16-8-2-4-9(5-3-8)19-11(12,13)14/h2-5H,7H2,1H3,(H,16,18). The molecule has 2 amide bonds. The fourth-order valence-corrected chi connectivity index (χ4v) is 1.14. The summed E-state index contributed by atoms with van der Waals surface area (Å²) >= 11 is 0. The summed E-state index contributed by atoms with van der Waals surface area (Å²) in [5.74, 6) is -0.379. The predicted molar refractivity (Wildman–Crippen MR) is 60.4 cm³/mol. The molecule has 5 nitrogen and oxygen atoms in total. The van der Waals surface area contributed by atoms with Crippen LogP contribution >= 0.6 is 0 Å². The first-order chi connectivity index (χ1) is 8.81. The number of carbonyl (C=O) groups is 1. The van der Waals surface area contributed by atoms with Crippen LogP contribution in [0.3, 0.4) is 0 Å². The minimum Gasteiger partial charge on any atom is -0.406 e. The van der Waals surface area contributed by atoms with Gasteiger partial charge in [0.2, 0.25) is 0 Å². The van der Waals surface area contributed by atoms with E-state index in [2.05, 4.69) is 10.1 Å². The maximum absolute atomic E-state index is 11.9. The minimum absolute atomic E-state index is 0.0961. The molecular weight excluding hydrogens is 263 g/mol. The number of hydrogen-bond donors (Lipinski definition) is 1. The van der Waals surface area contributed by atoms with Crippen molar-refractivity contribution in [3.63, 3.8) is 0 Å². The lowest BCUT2D eigenvalue weighted by molar-refractivity contribution is -0.274. The van der Waals surface area contributed by atoms with Crippen LogP contribution in [0.2, 0.25) is 0 Å². The molecule has 0 atom stereocenters. The van der Waals surface area contributed by atoms with Crippen molar-refractivity contribution in [2.45, 2.75) is 6.36 Å². The number of amides is 2. The third-order valence-electron chi connectivity index (χ3n) is 1.99. The molecule has 0 aliphatic carbocycles. The van der Waals surface area contributed by atoms with Gasteiger partial charge in [0.25, 0.3) is 0 Å². The molecule has 1 aromatic carbocycles. The van der Waals surface area contributed by atoms with Gasteiger partial charge < -0.3 is 15.0 Å². The van der Waals surface area contributed by atoms with Crippen molar-refractivity contribution >= 4 is 11.7 Å². The molecule has 102 valence electrons. The van der Waals surface area contributed by atoms with Crippen LogP contribution in [-0.2, 0) is 0 Å². The largest absolute Gasteiger partial charge is 0.573 e. The number of alkyl halides is 3. The highest BCUT2D eigenvalue weighted by Crippen LogP contribution is 2.23. The Morgan fingerprint density at radius 3 is 2.47 bits per heavy atom. The topological polar surface area (TPSA) is 65.4 Å².